The molecule has 1 aromatic heterocycles. The summed E-state index contributed by atoms with van der Waals surface area (Å²) in [6, 6.07) is 14.3. The van der Waals surface area contributed by atoms with E-state index in [4.69, 9.17) is 44.0 Å². The predicted molar refractivity (Wildman–Crippen MR) is 118 cm³/mol. The minimum absolute atomic E-state index is 0.0657. The molecule has 0 atom stereocenters. The summed E-state index contributed by atoms with van der Waals surface area (Å²) in [5.41, 5.74) is 1.43. The van der Waals surface area contributed by atoms with Crippen LogP contribution in [0.1, 0.15) is 11.1 Å². The number of benzene rings is 3. The summed E-state index contributed by atoms with van der Waals surface area (Å²) in [6.07, 6.45) is 0. The van der Waals surface area contributed by atoms with Gasteiger partial charge in [-0.05, 0) is 61.0 Å². The van der Waals surface area contributed by atoms with E-state index in [0.29, 0.717) is 21.2 Å². The molecule has 3 nitrogen and oxygen atoms in total. The first-order chi connectivity index (χ1) is 14.3. The second-order valence-corrected chi connectivity index (χ2v) is 7.93. The second-order valence-electron chi connectivity index (χ2n) is 6.68. The molecule has 0 aliphatic heterocycles. The van der Waals surface area contributed by atoms with Crippen molar-refractivity contribution in [3.05, 3.63) is 96.8 Å². The van der Waals surface area contributed by atoms with E-state index >= 15 is 0 Å². The molecule has 0 amide bonds. The van der Waals surface area contributed by atoms with Crippen molar-refractivity contribution in [1.82, 2.24) is 0 Å². The fourth-order valence-corrected chi connectivity index (χ4v) is 3.54. The van der Waals surface area contributed by atoms with Crippen molar-refractivity contribution in [1.29, 1.82) is 0 Å². The molecule has 30 heavy (non-hydrogen) atoms. The third-order valence-electron chi connectivity index (χ3n) is 4.66. The first-order valence-corrected chi connectivity index (χ1v) is 10.1. The Bertz CT molecular complexity index is 1290. The van der Waals surface area contributed by atoms with Gasteiger partial charge in [0.1, 0.15) is 18.0 Å². The predicted octanol–water partition coefficient (Wildman–Crippen LogP) is 7.45. The molecule has 0 fully saturated rings. The lowest BCUT2D eigenvalue weighted by Gasteiger charge is -2.13. The molecule has 0 aliphatic rings. The van der Waals surface area contributed by atoms with Crippen molar-refractivity contribution in [3.8, 4) is 17.1 Å². The van der Waals surface area contributed by atoms with E-state index in [-0.39, 0.29) is 34.1 Å². The molecule has 0 N–H and O–H groups in total. The van der Waals surface area contributed by atoms with Crippen molar-refractivity contribution in [3.63, 3.8) is 0 Å². The zero-order chi connectivity index (χ0) is 21.4. The van der Waals surface area contributed by atoms with E-state index in [9.17, 15) is 9.18 Å². The zero-order valence-electron chi connectivity index (χ0n) is 15.6. The number of halogens is 4. The van der Waals surface area contributed by atoms with E-state index in [0.717, 1.165) is 5.56 Å². The lowest BCUT2D eigenvalue weighted by molar-refractivity contribution is 0.292. The van der Waals surface area contributed by atoms with E-state index in [2.05, 4.69) is 0 Å². The monoisotopic (exact) mass is 462 g/mol. The van der Waals surface area contributed by atoms with Crippen molar-refractivity contribution in [2.45, 2.75) is 13.5 Å². The fraction of sp³-hybridized carbons (Fsp3) is 0.0870. The average molecular weight is 464 g/mol. The molecule has 0 aliphatic carbocycles. The van der Waals surface area contributed by atoms with Gasteiger partial charge >= 0.3 is 0 Å². The second kappa shape index (κ2) is 8.31. The summed E-state index contributed by atoms with van der Waals surface area (Å²) in [5, 5.41) is 1.42. The zero-order valence-corrected chi connectivity index (χ0v) is 17.9. The van der Waals surface area contributed by atoms with Gasteiger partial charge in [0.2, 0.25) is 11.2 Å². The fourth-order valence-electron chi connectivity index (χ4n) is 3.04. The Labute approximate surface area is 186 Å². The molecule has 0 unspecified atom stereocenters. The van der Waals surface area contributed by atoms with Gasteiger partial charge in [-0.3, -0.25) is 4.79 Å². The number of hydrogen-bond acceptors (Lipinski definition) is 3. The molecule has 0 radical (unpaired) electrons. The van der Waals surface area contributed by atoms with Gasteiger partial charge in [0.25, 0.3) is 0 Å². The first kappa shape index (κ1) is 20.7. The highest BCUT2D eigenvalue weighted by Crippen LogP contribution is 2.34. The summed E-state index contributed by atoms with van der Waals surface area (Å²) in [4.78, 5) is 13.2. The van der Waals surface area contributed by atoms with E-state index in [1.807, 2.05) is 6.92 Å². The highest BCUT2D eigenvalue weighted by atomic mass is 35.5. The van der Waals surface area contributed by atoms with Crippen molar-refractivity contribution in [2.75, 3.05) is 0 Å². The standard InChI is InChI=1S/C23H14Cl3FO3/c1-12-9-20-15(10-18(12)26)21(28)23(22(30-20)13-5-7-14(24)8-6-13)29-11-16-17(25)3-2-4-19(16)27/h2-10H,11H2,1H3. The Morgan fingerprint density at radius 1 is 1.00 bits per heavy atom. The summed E-state index contributed by atoms with van der Waals surface area (Å²) in [7, 11) is 0. The SMILES string of the molecule is Cc1cc2oc(-c3ccc(Cl)cc3)c(OCc3c(F)cccc3Cl)c(=O)c2cc1Cl. The third kappa shape index (κ3) is 3.91. The summed E-state index contributed by atoms with van der Waals surface area (Å²) in [5.74, 6) is -0.387. The Morgan fingerprint density at radius 3 is 2.43 bits per heavy atom. The lowest BCUT2D eigenvalue weighted by Crippen LogP contribution is -2.11. The van der Waals surface area contributed by atoms with Crippen molar-refractivity contribution >= 4 is 45.8 Å². The first-order valence-electron chi connectivity index (χ1n) is 8.93. The van der Waals surface area contributed by atoms with Gasteiger partial charge in [-0.15, -0.1) is 0 Å². The van der Waals surface area contributed by atoms with Crippen LogP contribution in [0.5, 0.6) is 5.75 Å². The topological polar surface area (TPSA) is 39.4 Å². The number of aryl methyl sites for hydroxylation is 1. The molecule has 0 saturated carbocycles. The number of ether oxygens (including phenoxy) is 1. The Morgan fingerprint density at radius 2 is 1.73 bits per heavy atom. The normalized spacial score (nSPS) is 11.1. The van der Waals surface area contributed by atoms with E-state index < -0.39 is 11.2 Å². The smallest absolute Gasteiger partial charge is 0.235 e. The third-order valence-corrected chi connectivity index (χ3v) is 5.67. The highest BCUT2D eigenvalue weighted by molar-refractivity contribution is 6.32. The molecule has 3 aromatic carbocycles. The highest BCUT2D eigenvalue weighted by Gasteiger charge is 2.20. The maximum atomic E-state index is 14.2. The molecule has 1 heterocycles. The molecular weight excluding hydrogens is 450 g/mol. The maximum Gasteiger partial charge on any atom is 0.235 e. The van der Waals surface area contributed by atoms with Crippen LogP contribution in [-0.4, -0.2) is 0 Å². The number of fused-ring (bicyclic) bond motifs is 1. The molecule has 0 bridgehead atoms. The number of rotatable bonds is 4. The van der Waals surface area contributed by atoms with Crippen LogP contribution in [0.15, 0.2) is 63.8 Å². The minimum atomic E-state index is -0.528. The quantitative estimate of drug-likeness (QED) is 0.315. The van der Waals surface area contributed by atoms with Crippen LogP contribution in [0.2, 0.25) is 15.1 Å². The van der Waals surface area contributed by atoms with E-state index in [1.165, 1.54) is 18.2 Å². The van der Waals surface area contributed by atoms with E-state index in [1.54, 1.807) is 36.4 Å². The molecule has 0 spiro atoms. The lowest BCUT2D eigenvalue weighted by atomic mass is 10.1. The van der Waals surface area contributed by atoms with Gasteiger partial charge < -0.3 is 9.15 Å². The Hall–Kier alpha value is -2.53. The summed E-state index contributed by atoms with van der Waals surface area (Å²) in [6.45, 7) is 1.57. The van der Waals surface area contributed by atoms with Gasteiger partial charge in [-0.1, -0.05) is 40.9 Å². The van der Waals surface area contributed by atoms with Crippen LogP contribution in [0, 0.1) is 12.7 Å². The van der Waals surface area contributed by atoms with Gasteiger partial charge in [-0.2, -0.15) is 0 Å². The van der Waals surface area contributed by atoms with Gasteiger partial charge in [0.15, 0.2) is 5.76 Å². The summed E-state index contributed by atoms with van der Waals surface area (Å²) < 4.78 is 26.0. The van der Waals surface area contributed by atoms with Gasteiger partial charge in [-0.25, -0.2) is 4.39 Å². The van der Waals surface area contributed by atoms with Crippen LogP contribution in [0.3, 0.4) is 0 Å². The van der Waals surface area contributed by atoms with Crippen LogP contribution in [0.4, 0.5) is 4.39 Å². The minimum Gasteiger partial charge on any atom is -0.481 e. The molecular formula is C23H14Cl3FO3. The molecule has 0 saturated heterocycles. The Balaban J connectivity index is 1.90. The molecule has 4 aromatic rings. The largest absolute Gasteiger partial charge is 0.481 e. The molecule has 4 rings (SSSR count). The number of hydrogen-bond donors (Lipinski definition) is 0. The average Bonchev–Trinajstić information content (AvgIpc) is 2.71. The van der Waals surface area contributed by atoms with Crippen LogP contribution < -0.4 is 10.2 Å². The summed E-state index contributed by atoms with van der Waals surface area (Å²) >= 11 is 18.3. The van der Waals surface area contributed by atoms with Crippen molar-refractivity contribution in [2.24, 2.45) is 0 Å². The van der Waals surface area contributed by atoms with Crippen LogP contribution in [-0.2, 0) is 6.61 Å². The molecule has 7 heteroatoms. The van der Waals surface area contributed by atoms with Crippen LogP contribution >= 0.6 is 34.8 Å². The molecule has 152 valence electrons. The van der Waals surface area contributed by atoms with Crippen molar-refractivity contribution < 1.29 is 13.5 Å². The van der Waals surface area contributed by atoms with Gasteiger partial charge in [0, 0.05) is 21.2 Å². The maximum absolute atomic E-state index is 14.2. The van der Waals surface area contributed by atoms with Gasteiger partial charge in [0.05, 0.1) is 10.4 Å². The van der Waals surface area contributed by atoms with Crippen LogP contribution in [0.25, 0.3) is 22.3 Å². The Kier molecular flexibility index (Phi) is 5.74.